The lowest BCUT2D eigenvalue weighted by molar-refractivity contribution is -0.126. The van der Waals surface area contributed by atoms with Gasteiger partial charge in [-0.05, 0) is 31.9 Å². The SMILES string of the molecule is CC(C(=O)C1CCC1)c1ccccn1. The summed E-state index contributed by atoms with van der Waals surface area (Å²) in [7, 11) is 0. The monoisotopic (exact) mass is 189 g/mol. The van der Waals surface area contributed by atoms with E-state index >= 15 is 0 Å². The molecule has 2 nitrogen and oxygen atoms in total. The molecule has 1 saturated carbocycles. The van der Waals surface area contributed by atoms with Gasteiger partial charge in [-0.1, -0.05) is 12.5 Å². The summed E-state index contributed by atoms with van der Waals surface area (Å²) in [6.07, 6.45) is 5.12. The van der Waals surface area contributed by atoms with Crippen LogP contribution in [-0.4, -0.2) is 10.8 Å². The Morgan fingerprint density at radius 1 is 1.50 bits per heavy atom. The van der Waals surface area contributed by atoms with E-state index in [-0.39, 0.29) is 5.92 Å². The van der Waals surface area contributed by atoms with Crippen LogP contribution in [0.25, 0.3) is 0 Å². The molecular weight excluding hydrogens is 174 g/mol. The molecule has 2 heteroatoms. The van der Waals surface area contributed by atoms with Gasteiger partial charge in [0.05, 0.1) is 11.6 Å². The van der Waals surface area contributed by atoms with Gasteiger partial charge in [-0.15, -0.1) is 0 Å². The number of hydrogen-bond donors (Lipinski definition) is 0. The minimum atomic E-state index is -0.0264. The van der Waals surface area contributed by atoms with Crippen LogP contribution in [0, 0.1) is 5.92 Å². The van der Waals surface area contributed by atoms with Crippen molar-refractivity contribution in [2.45, 2.75) is 32.1 Å². The van der Waals surface area contributed by atoms with Gasteiger partial charge in [0.25, 0.3) is 0 Å². The first-order valence-corrected chi connectivity index (χ1v) is 5.23. The Kier molecular flexibility index (Phi) is 2.62. The van der Waals surface area contributed by atoms with Crippen molar-refractivity contribution >= 4 is 5.78 Å². The van der Waals surface area contributed by atoms with Gasteiger partial charge in [-0.25, -0.2) is 0 Å². The summed E-state index contributed by atoms with van der Waals surface area (Å²) >= 11 is 0. The molecule has 1 heterocycles. The highest BCUT2D eigenvalue weighted by atomic mass is 16.1. The van der Waals surface area contributed by atoms with Crippen molar-refractivity contribution in [3.05, 3.63) is 30.1 Å². The van der Waals surface area contributed by atoms with E-state index < -0.39 is 0 Å². The van der Waals surface area contributed by atoms with E-state index in [2.05, 4.69) is 4.98 Å². The molecular formula is C12H15NO. The number of Topliss-reactive ketones (excluding diaryl/α,β-unsaturated/α-hetero) is 1. The molecule has 1 atom stereocenters. The van der Waals surface area contributed by atoms with Crippen LogP contribution in [-0.2, 0) is 4.79 Å². The van der Waals surface area contributed by atoms with Crippen molar-refractivity contribution in [2.75, 3.05) is 0 Å². The van der Waals surface area contributed by atoms with E-state index in [1.807, 2.05) is 25.1 Å². The smallest absolute Gasteiger partial charge is 0.144 e. The van der Waals surface area contributed by atoms with Crippen molar-refractivity contribution in [2.24, 2.45) is 5.92 Å². The minimum absolute atomic E-state index is 0.0264. The van der Waals surface area contributed by atoms with Crippen LogP contribution in [0.4, 0.5) is 0 Å². The third-order valence-corrected chi connectivity index (χ3v) is 3.07. The fraction of sp³-hybridized carbons (Fsp3) is 0.500. The van der Waals surface area contributed by atoms with Crippen LogP contribution in [0.5, 0.6) is 0 Å². The maximum atomic E-state index is 11.9. The second-order valence-electron chi connectivity index (χ2n) is 4.01. The molecule has 1 fully saturated rings. The van der Waals surface area contributed by atoms with Crippen molar-refractivity contribution < 1.29 is 4.79 Å². The van der Waals surface area contributed by atoms with E-state index in [9.17, 15) is 4.79 Å². The van der Waals surface area contributed by atoms with Crippen LogP contribution < -0.4 is 0 Å². The molecule has 0 N–H and O–H groups in total. The summed E-state index contributed by atoms with van der Waals surface area (Å²) < 4.78 is 0. The summed E-state index contributed by atoms with van der Waals surface area (Å²) in [6, 6.07) is 5.75. The number of pyridine rings is 1. The summed E-state index contributed by atoms with van der Waals surface area (Å²) in [4.78, 5) is 16.1. The van der Waals surface area contributed by atoms with Crippen molar-refractivity contribution in [3.8, 4) is 0 Å². The lowest BCUT2D eigenvalue weighted by Crippen LogP contribution is -2.26. The fourth-order valence-electron chi connectivity index (χ4n) is 1.82. The average molecular weight is 189 g/mol. The van der Waals surface area contributed by atoms with Crippen LogP contribution in [0.3, 0.4) is 0 Å². The van der Waals surface area contributed by atoms with Gasteiger partial charge in [0.2, 0.25) is 0 Å². The Morgan fingerprint density at radius 3 is 2.79 bits per heavy atom. The molecule has 1 aliphatic carbocycles. The third kappa shape index (κ3) is 1.69. The molecule has 1 aromatic heterocycles. The maximum absolute atomic E-state index is 11.9. The van der Waals surface area contributed by atoms with Crippen molar-refractivity contribution in [1.29, 1.82) is 0 Å². The largest absolute Gasteiger partial charge is 0.299 e. The lowest BCUT2D eigenvalue weighted by Gasteiger charge is -2.26. The lowest BCUT2D eigenvalue weighted by atomic mass is 9.77. The normalized spacial score (nSPS) is 18.6. The predicted octanol–water partition coefficient (Wildman–Crippen LogP) is 2.55. The van der Waals surface area contributed by atoms with E-state index in [4.69, 9.17) is 0 Å². The summed E-state index contributed by atoms with van der Waals surface area (Å²) in [5, 5.41) is 0. The second-order valence-corrected chi connectivity index (χ2v) is 4.01. The molecule has 0 radical (unpaired) electrons. The van der Waals surface area contributed by atoms with Gasteiger partial charge in [-0.2, -0.15) is 0 Å². The first-order valence-electron chi connectivity index (χ1n) is 5.23. The minimum Gasteiger partial charge on any atom is -0.299 e. The molecule has 0 saturated heterocycles. The summed E-state index contributed by atoms with van der Waals surface area (Å²) in [5.41, 5.74) is 0.907. The number of carbonyl (C=O) groups excluding carboxylic acids is 1. The molecule has 1 aliphatic rings. The number of rotatable bonds is 3. The Hall–Kier alpha value is -1.18. The quantitative estimate of drug-likeness (QED) is 0.731. The van der Waals surface area contributed by atoms with Gasteiger partial charge >= 0.3 is 0 Å². The zero-order valence-corrected chi connectivity index (χ0v) is 8.44. The van der Waals surface area contributed by atoms with Gasteiger partial charge in [-0.3, -0.25) is 9.78 Å². The molecule has 74 valence electrons. The Bertz CT molecular complexity index is 316. The van der Waals surface area contributed by atoms with Gasteiger partial charge < -0.3 is 0 Å². The topological polar surface area (TPSA) is 30.0 Å². The molecule has 0 amide bonds. The maximum Gasteiger partial charge on any atom is 0.144 e. The average Bonchev–Trinajstić information content (AvgIpc) is 2.15. The van der Waals surface area contributed by atoms with E-state index in [1.54, 1.807) is 6.20 Å². The molecule has 2 rings (SSSR count). The van der Waals surface area contributed by atoms with Crippen molar-refractivity contribution in [1.82, 2.24) is 4.98 Å². The number of nitrogens with zero attached hydrogens (tertiary/aromatic N) is 1. The van der Waals surface area contributed by atoms with Crippen LogP contribution >= 0.6 is 0 Å². The fourth-order valence-corrected chi connectivity index (χ4v) is 1.82. The molecule has 0 aliphatic heterocycles. The highest BCUT2D eigenvalue weighted by molar-refractivity contribution is 5.87. The van der Waals surface area contributed by atoms with Crippen LogP contribution in [0.1, 0.15) is 37.8 Å². The van der Waals surface area contributed by atoms with Gasteiger partial charge in [0.1, 0.15) is 5.78 Å². The second kappa shape index (κ2) is 3.91. The molecule has 0 spiro atoms. The number of carbonyl (C=O) groups is 1. The molecule has 14 heavy (non-hydrogen) atoms. The third-order valence-electron chi connectivity index (χ3n) is 3.07. The number of hydrogen-bond acceptors (Lipinski definition) is 2. The molecule has 1 unspecified atom stereocenters. The predicted molar refractivity (Wildman–Crippen MR) is 55.0 cm³/mol. The molecule has 0 bridgehead atoms. The Labute approximate surface area is 84.4 Å². The highest BCUT2D eigenvalue weighted by Crippen LogP contribution is 2.32. The summed E-state index contributed by atoms with van der Waals surface area (Å²) in [6.45, 7) is 1.96. The molecule has 0 aromatic carbocycles. The van der Waals surface area contributed by atoms with E-state index in [0.29, 0.717) is 11.7 Å². The molecule has 1 aromatic rings. The number of aromatic nitrogens is 1. The van der Waals surface area contributed by atoms with Crippen LogP contribution in [0.2, 0.25) is 0 Å². The zero-order valence-electron chi connectivity index (χ0n) is 8.44. The summed E-state index contributed by atoms with van der Waals surface area (Å²) in [5.74, 6) is 0.656. The Balaban J connectivity index is 2.07. The standard InChI is InChI=1S/C12H15NO/c1-9(11-7-2-3-8-13-11)12(14)10-5-4-6-10/h2-3,7-10H,4-6H2,1H3. The van der Waals surface area contributed by atoms with Gasteiger partial charge in [0, 0.05) is 12.1 Å². The Morgan fingerprint density at radius 2 is 2.29 bits per heavy atom. The van der Waals surface area contributed by atoms with E-state index in [1.165, 1.54) is 6.42 Å². The highest BCUT2D eigenvalue weighted by Gasteiger charge is 2.29. The first-order chi connectivity index (χ1) is 6.79. The number of ketones is 1. The van der Waals surface area contributed by atoms with Crippen LogP contribution in [0.15, 0.2) is 24.4 Å². The van der Waals surface area contributed by atoms with Crippen molar-refractivity contribution in [3.63, 3.8) is 0 Å². The zero-order chi connectivity index (χ0) is 9.97. The van der Waals surface area contributed by atoms with Gasteiger partial charge in [0.15, 0.2) is 0 Å². The first kappa shape index (κ1) is 9.38. The van der Waals surface area contributed by atoms with E-state index in [0.717, 1.165) is 18.5 Å².